The molecule has 0 radical (unpaired) electrons. The van der Waals surface area contributed by atoms with Crippen molar-refractivity contribution in [2.45, 2.75) is 63.7 Å². The fourth-order valence-electron chi connectivity index (χ4n) is 6.44. The Morgan fingerprint density at radius 1 is 0.981 bits per heavy atom. The van der Waals surface area contributed by atoms with Crippen molar-refractivity contribution in [3.05, 3.63) is 96.2 Å². The van der Waals surface area contributed by atoms with E-state index in [9.17, 15) is 9.59 Å². The lowest BCUT2D eigenvalue weighted by molar-refractivity contribution is -0.0909. The lowest BCUT2D eigenvalue weighted by atomic mass is 10.0. The standard InChI is InChI=1S/C37H44N6O8Si/c1-9-46-34(44)49-31-30(28-21-22-29-33(40-25-42(7)8)39-24-41-43(28)29)51-37(38-6,32(31)50-35(45)47-10-2)23-48-52(36(3,4)5,26-17-13-11-14-18-26)27-19-15-12-16-20-27/h11-22,24-25,30-32H,9-10,23H2,1-5,7-8H3/t30-,31-,32-,37+/m0/s1. The van der Waals surface area contributed by atoms with E-state index in [-0.39, 0.29) is 19.8 Å². The Kier molecular flexibility index (Phi) is 11.6. The number of ether oxygens (including phenoxy) is 5. The summed E-state index contributed by atoms with van der Waals surface area (Å²) in [6.07, 6.45) is -3.32. The van der Waals surface area contributed by atoms with Crippen LogP contribution in [-0.2, 0) is 28.1 Å². The minimum absolute atomic E-state index is 0.000671. The highest BCUT2D eigenvalue weighted by molar-refractivity contribution is 6.99. The molecule has 274 valence electrons. The van der Waals surface area contributed by atoms with Gasteiger partial charge in [-0.25, -0.2) is 30.7 Å². The molecule has 2 aromatic carbocycles. The van der Waals surface area contributed by atoms with Gasteiger partial charge in [-0.2, -0.15) is 5.10 Å². The summed E-state index contributed by atoms with van der Waals surface area (Å²) in [4.78, 5) is 40.6. The van der Waals surface area contributed by atoms with E-state index in [2.05, 4.69) is 40.7 Å². The van der Waals surface area contributed by atoms with E-state index in [0.29, 0.717) is 17.0 Å². The monoisotopic (exact) mass is 728 g/mol. The highest BCUT2D eigenvalue weighted by Crippen LogP contribution is 2.47. The first-order valence-corrected chi connectivity index (χ1v) is 18.8. The van der Waals surface area contributed by atoms with Gasteiger partial charge >= 0.3 is 18.0 Å². The summed E-state index contributed by atoms with van der Waals surface area (Å²) in [7, 11) is 0.399. The quantitative estimate of drug-likeness (QED) is 0.0618. The molecule has 0 aliphatic carbocycles. The Balaban J connectivity index is 1.68. The fraction of sp³-hybridized carbons (Fsp3) is 0.405. The van der Waals surface area contributed by atoms with Crippen LogP contribution in [0, 0.1) is 6.57 Å². The molecule has 5 rings (SSSR count). The van der Waals surface area contributed by atoms with Gasteiger partial charge in [-0.3, -0.25) is 9.58 Å². The maximum atomic E-state index is 13.1. The number of nitrogens with zero attached hydrogens (tertiary/aromatic N) is 6. The number of benzene rings is 2. The fourth-order valence-corrected chi connectivity index (χ4v) is 11.0. The molecule has 4 aromatic rings. The SMILES string of the molecule is [C-]#[N+][C@]1(CO[Si](c2ccccc2)(c2ccccc2)C(C)(C)C)O[C@@H](c2ccc3c(N=CN(C)C)ncnn23)[C@H](OC(=O)OCC)[C@@H]1OC(=O)OCC. The van der Waals surface area contributed by atoms with Crippen LogP contribution in [0.15, 0.2) is 84.1 Å². The molecule has 2 aromatic heterocycles. The van der Waals surface area contributed by atoms with E-state index in [4.69, 9.17) is 34.7 Å². The van der Waals surface area contributed by atoms with Gasteiger partial charge in [0.2, 0.25) is 0 Å². The van der Waals surface area contributed by atoms with Gasteiger partial charge in [-0.15, -0.1) is 0 Å². The summed E-state index contributed by atoms with van der Waals surface area (Å²) in [6.45, 7) is 17.8. The van der Waals surface area contributed by atoms with Crippen molar-refractivity contribution in [3.63, 3.8) is 0 Å². The molecule has 1 saturated heterocycles. The van der Waals surface area contributed by atoms with Crippen LogP contribution in [0.2, 0.25) is 5.04 Å². The molecule has 1 fully saturated rings. The van der Waals surface area contributed by atoms with E-state index in [0.717, 1.165) is 10.4 Å². The first-order chi connectivity index (χ1) is 24.9. The summed E-state index contributed by atoms with van der Waals surface area (Å²) >= 11 is 0. The van der Waals surface area contributed by atoms with E-state index in [1.807, 2.05) is 74.8 Å². The zero-order valence-corrected chi connectivity index (χ0v) is 31.4. The first kappa shape index (κ1) is 37.9. The number of rotatable bonds is 12. The average molecular weight is 729 g/mol. The second-order valence-corrected chi connectivity index (χ2v) is 17.6. The van der Waals surface area contributed by atoms with Crippen LogP contribution in [0.5, 0.6) is 0 Å². The predicted octanol–water partition coefficient (Wildman–Crippen LogP) is 5.30. The summed E-state index contributed by atoms with van der Waals surface area (Å²) in [5.74, 6) is 0.363. The van der Waals surface area contributed by atoms with Crippen molar-refractivity contribution in [1.29, 1.82) is 0 Å². The Bertz CT molecular complexity index is 1870. The van der Waals surface area contributed by atoms with Gasteiger partial charge in [0.25, 0.3) is 14.4 Å². The molecule has 15 heteroatoms. The van der Waals surface area contributed by atoms with Crippen LogP contribution in [0.1, 0.15) is 46.4 Å². The molecule has 0 spiro atoms. The number of hydrogen-bond acceptors (Lipinski definition) is 11. The molecule has 1 aliphatic heterocycles. The maximum Gasteiger partial charge on any atom is 0.509 e. The Labute approximate surface area is 304 Å². The Morgan fingerprint density at radius 3 is 2.12 bits per heavy atom. The van der Waals surface area contributed by atoms with Crippen molar-refractivity contribution in [2.24, 2.45) is 4.99 Å². The lowest BCUT2D eigenvalue weighted by Crippen LogP contribution is -2.68. The number of hydrogen-bond donors (Lipinski definition) is 0. The van der Waals surface area contributed by atoms with Crippen LogP contribution in [-0.4, -0.2) is 98.3 Å². The Morgan fingerprint density at radius 2 is 1.58 bits per heavy atom. The number of carbonyl (C=O) groups is 2. The topological polar surface area (TPSA) is 140 Å². The summed E-state index contributed by atoms with van der Waals surface area (Å²) in [6, 6.07) is 23.2. The van der Waals surface area contributed by atoms with E-state index < -0.39 is 49.7 Å². The second kappa shape index (κ2) is 15.9. The van der Waals surface area contributed by atoms with Gasteiger partial charge < -0.3 is 28.3 Å². The smallest absolute Gasteiger partial charge is 0.435 e. The zero-order valence-electron chi connectivity index (χ0n) is 30.4. The van der Waals surface area contributed by atoms with E-state index >= 15 is 0 Å². The summed E-state index contributed by atoms with van der Waals surface area (Å²) in [5.41, 5.74) is -1.15. The number of carbonyl (C=O) groups excluding carboxylic acids is 2. The maximum absolute atomic E-state index is 13.1. The molecule has 3 heterocycles. The predicted molar refractivity (Wildman–Crippen MR) is 195 cm³/mol. The van der Waals surface area contributed by atoms with Gasteiger partial charge in [0.1, 0.15) is 24.6 Å². The summed E-state index contributed by atoms with van der Waals surface area (Å²) in [5, 5.41) is 5.90. The largest absolute Gasteiger partial charge is 0.509 e. The number of fused-ring (bicyclic) bond motifs is 1. The van der Waals surface area contributed by atoms with Crippen LogP contribution in [0.3, 0.4) is 0 Å². The third-order valence-electron chi connectivity index (χ3n) is 8.62. The van der Waals surface area contributed by atoms with Gasteiger partial charge in [-0.1, -0.05) is 81.4 Å². The van der Waals surface area contributed by atoms with Gasteiger partial charge in [-0.05, 0) is 41.4 Å². The third kappa shape index (κ3) is 7.50. The minimum Gasteiger partial charge on any atom is -0.435 e. The van der Waals surface area contributed by atoms with Crippen LogP contribution in [0.25, 0.3) is 10.4 Å². The highest BCUT2D eigenvalue weighted by atomic mass is 28.4. The molecule has 0 amide bonds. The number of aromatic nitrogens is 3. The van der Waals surface area contributed by atoms with E-state index in [1.54, 1.807) is 37.2 Å². The van der Waals surface area contributed by atoms with Crippen molar-refractivity contribution >= 4 is 48.7 Å². The molecule has 0 unspecified atom stereocenters. The molecule has 1 aliphatic rings. The molecule has 0 bridgehead atoms. The molecule has 52 heavy (non-hydrogen) atoms. The van der Waals surface area contributed by atoms with Crippen LogP contribution >= 0.6 is 0 Å². The third-order valence-corrected chi connectivity index (χ3v) is 13.6. The van der Waals surface area contributed by atoms with Gasteiger partial charge in [0.15, 0.2) is 11.9 Å². The molecular weight excluding hydrogens is 685 g/mol. The van der Waals surface area contributed by atoms with E-state index in [1.165, 1.54) is 10.8 Å². The van der Waals surface area contributed by atoms with Crippen LogP contribution in [0.4, 0.5) is 15.4 Å². The van der Waals surface area contributed by atoms with Crippen molar-refractivity contribution in [2.75, 3.05) is 33.9 Å². The zero-order chi connectivity index (χ0) is 37.5. The van der Waals surface area contributed by atoms with Crippen LogP contribution < -0.4 is 10.4 Å². The minimum atomic E-state index is -3.26. The molecule has 0 saturated carbocycles. The Hall–Kier alpha value is -5.30. The van der Waals surface area contributed by atoms with Gasteiger partial charge in [0.05, 0.1) is 25.2 Å². The average Bonchev–Trinajstić information content (AvgIpc) is 3.68. The molecule has 0 N–H and O–H groups in total. The summed E-state index contributed by atoms with van der Waals surface area (Å²) < 4.78 is 37.5. The first-order valence-electron chi connectivity index (χ1n) is 16.9. The highest BCUT2D eigenvalue weighted by Gasteiger charge is 2.68. The molecule has 14 nitrogen and oxygen atoms in total. The molecular formula is C37H44N6O8Si. The molecule has 4 atom stereocenters. The normalized spacial score (nSPS) is 20.4. The number of aliphatic imine (C=N–C) groups is 1. The van der Waals surface area contributed by atoms with Gasteiger partial charge in [0, 0.05) is 14.1 Å². The van der Waals surface area contributed by atoms with Crippen molar-refractivity contribution in [1.82, 2.24) is 19.5 Å². The second-order valence-electron chi connectivity index (χ2n) is 13.3. The van der Waals surface area contributed by atoms with Crippen molar-refractivity contribution < 1.29 is 37.7 Å². The van der Waals surface area contributed by atoms with Crippen molar-refractivity contribution in [3.8, 4) is 0 Å². The lowest BCUT2D eigenvalue weighted by Gasteiger charge is -2.43.